The van der Waals surface area contributed by atoms with E-state index >= 15 is 0 Å². The minimum atomic E-state index is 0.945. The predicted molar refractivity (Wildman–Crippen MR) is 226 cm³/mol. The predicted octanol–water partition coefficient (Wildman–Crippen LogP) is 16.3. The van der Waals surface area contributed by atoms with E-state index in [4.69, 9.17) is 8.83 Å². The van der Waals surface area contributed by atoms with E-state index in [-0.39, 0.29) is 0 Å². The van der Waals surface area contributed by atoms with Gasteiger partial charge in [-0.2, -0.15) is 0 Å². The Kier molecular flexibility index (Phi) is 10.8. The van der Waals surface area contributed by atoms with Crippen LogP contribution in [-0.4, -0.2) is 0 Å². The number of aryl methyl sites for hydroxylation is 2. The fraction of sp³-hybridized carbons (Fsp3) is 0.400. The van der Waals surface area contributed by atoms with Crippen LogP contribution in [0.4, 0.5) is 0 Å². The van der Waals surface area contributed by atoms with E-state index in [9.17, 15) is 0 Å². The van der Waals surface area contributed by atoms with Gasteiger partial charge in [0, 0.05) is 21.5 Å². The van der Waals surface area contributed by atoms with Crippen molar-refractivity contribution < 1.29 is 8.83 Å². The zero-order valence-electron chi connectivity index (χ0n) is 31.6. The molecule has 0 bridgehead atoms. The highest BCUT2D eigenvalue weighted by Crippen LogP contribution is 2.39. The number of furan rings is 2. The molecule has 2 heteroatoms. The van der Waals surface area contributed by atoms with Gasteiger partial charge in [-0.05, 0) is 118 Å². The first kappa shape index (κ1) is 34.8. The summed E-state index contributed by atoms with van der Waals surface area (Å²) in [4.78, 5) is 0. The number of hydrogen-bond donors (Lipinski definition) is 0. The molecule has 2 nitrogen and oxygen atoms in total. The number of rotatable bonds is 18. The van der Waals surface area contributed by atoms with Crippen LogP contribution in [0, 0.1) is 0 Å². The lowest BCUT2D eigenvalue weighted by Crippen LogP contribution is -1.87. The first-order valence-electron chi connectivity index (χ1n) is 20.8. The van der Waals surface area contributed by atoms with Crippen molar-refractivity contribution in [1.82, 2.24) is 0 Å². The van der Waals surface area contributed by atoms with Gasteiger partial charge in [-0.1, -0.05) is 140 Å². The second-order valence-corrected chi connectivity index (χ2v) is 15.8. The smallest absolute Gasteiger partial charge is 0.136 e. The maximum atomic E-state index is 6.52. The van der Waals surface area contributed by atoms with Crippen molar-refractivity contribution in [2.24, 2.45) is 0 Å². The third-order valence-electron chi connectivity index (χ3n) is 11.7. The average Bonchev–Trinajstić information content (AvgIpc) is 3.68. The summed E-state index contributed by atoms with van der Waals surface area (Å²) in [5.74, 6) is 0. The molecule has 268 valence electrons. The van der Waals surface area contributed by atoms with Crippen molar-refractivity contribution in [2.45, 2.75) is 129 Å². The van der Waals surface area contributed by atoms with E-state index in [1.165, 1.54) is 168 Å². The Bertz CT molecular complexity index is 2280. The van der Waals surface area contributed by atoms with Gasteiger partial charge in [-0.3, -0.25) is 0 Å². The molecule has 6 aromatic carbocycles. The Morgan fingerprint density at radius 2 is 0.615 bits per heavy atom. The molecule has 2 heterocycles. The van der Waals surface area contributed by atoms with Crippen LogP contribution >= 0.6 is 0 Å². The largest absolute Gasteiger partial charge is 0.456 e. The van der Waals surface area contributed by atoms with Crippen LogP contribution in [0.25, 0.3) is 76.2 Å². The van der Waals surface area contributed by atoms with Crippen molar-refractivity contribution in [3.63, 3.8) is 0 Å². The molecule has 0 spiro atoms. The quantitative estimate of drug-likeness (QED) is 0.0839. The number of hydrogen-bond acceptors (Lipinski definition) is 2. The van der Waals surface area contributed by atoms with Gasteiger partial charge >= 0.3 is 0 Å². The topological polar surface area (TPSA) is 26.3 Å². The van der Waals surface area contributed by atoms with Crippen molar-refractivity contribution in [1.29, 1.82) is 0 Å². The Hall–Kier alpha value is -4.30. The third kappa shape index (κ3) is 7.59. The van der Waals surface area contributed by atoms with Crippen LogP contribution in [0.1, 0.15) is 128 Å². The molecule has 52 heavy (non-hydrogen) atoms. The van der Waals surface area contributed by atoms with Crippen LogP contribution < -0.4 is 0 Å². The van der Waals surface area contributed by atoms with Crippen LogP contribution in [0.2, 0.25) is 0 Å². The minimum Gasteiger partial charge on any atom is -0.456 e. The van der Waals surface area contributed by atoms with E-state index in [1.807, 2.05) is 0 Å². The van der Waals surface area contributed by atoms with Gasteiger partial charge in [-0.15, -0.1) is 0 Å². The number of benzene rings is 6. The Balaban J connectivity index is 1.02. The van der Waals surface area contributed by atoms with Crippen molar-refractivity contribution in [2.75, 3.05) is 0 Å². The summed E-state index contributed by atoms with van der Waals surface area (Å²) in [5, 5.41) is 12.2. The standard InChI is InChI=1S/C50H56O2/c1-3-5-7-9-11-13-15-17-19-35-21-23-37-31-47-43(27-39(37)25-35)45-29-41-34-50-46(30-42(41)33-49(45)51-47)44-28-40-26-36(22-24-38(40)32-48(44)52-50)20-18-16-14-12-10-8-6-4-2/h21-34H,3-20H2,1-2H3. The zero-order valence-corrected chi connectivity index (χ0v) is 31.6. The van der Waals surface area contributed by atoms with Crippen LogP contribution in [0.15, 0.2) is 93.8 Å². The summed E-state index contributed by atoms with van der Waals surface area (Å²) in [7, 11) is 0. The molecule has 0 radical (unpaired) electrons. The number of fused-ring (bicyclic) bond motifs is 9. The molecule has 0 aliphatic carbocycles. The van der Waals surface area contributed by atoms with E-state index in [0.29, 0.717) is 0 Å². The first-order valence-corrected chi connectivity index (χ1v) is 20.8. The highest BCUT2D eigenvalue weighted by molar-refractivity contribution is 6.17. The van der Waals surface area contributed by atoms with E-state index in [0.717, 1.165) is 35.2 Å². The van der Waals surface area contributed by atoms with Crippen LogP contribution in [0.5, 0.6) is 0 Å². The van der Waals surface area contributed by atoms with Gasteiger partial charge in [0.1, 0.15) is 22.3 Å². The Morgan fingerprint density at radius 3 is 0.981 bits per heavy atom. The lowest BCUT2D eigenvalue weighted by Gasteiger charge is -2.05. The van der Waals surface area contributed by atoms with E-state index in [1.54, 1.807) is 0 Å². The molecule has 0 saturated heterocycles. The maximum Gasteiger partial charge on any atom is 0.136 e. The molecule has 0 saturated carbocycles. The lowest BCUT2D eigenvalue weighted by atomic mass is 9.98. The highest BCUT2D eigenvalue weighted by Gasteiger charge is 2.14. The second-order valence-electron chi connectivity index (χ2n) is 15.8. The molecule has 8 rings (SSSR count). The van der Waals surface area contributed by atoms with Crippen molar-refractivity contribution in [3.8, 4) is 0 Å². The minimum absolute atomic E-state index is 0.945. The summed E-state index contributed by atoms with van der Waals surface area (Å²) in [6, 6.07) is 32.2. The molecule has 8 aromatic rings. The summed E-state index contributed by atoms with van der Waals surface area (Å²) >= 11 is 0. The summed E-state index contributed by atoms with van der Waals surface area (Å²) in [5.41, 5.74) is 6.68. The summed E-state index contributed by atoms with van der Waals surface area (Å²) < 4.78 is 13.0. The maximum absolute atomic E-state index is 6.52. The summed E-state index contributed by atoms with van der Waals surface area (Å²) in [6.07, 6.45) is 24.0. The fourth-order valence-corrected chi connectivity index (χ4v) is 8.61. The molecule has 0 unspecified atom stereocenters. The lowest BCUT2D eigenvalue weighted by molar-refractivity contribution is 0.575. The highest BCUT2D eigenvalue weighted by atomic mass is 16.3. The first-order chi connectivity index (χ1) is 25.7. The molecule has 0 aliphatic heterocycles. The normalized spacial score (nSPS) is 12.3. The van der Waals surface area contributed by atoms with Gasteiger partial charge in [0.2, 0.25) is 0 Å². The van der Waals surface area contributed by atoms with Gasteiger partial charge < -0.3 is 8.83 Å². The molecule has 0 N–H and O–H groups in total. The molecule has 0 atom stereocenters. The molecule has 0 amide bonds. The van der Waals surface area contributed by atoms with Gasteiger partial charge in [0.05, 0.1) is 0 Å². The van der Waals surface area contributed by atoms with Gasteiger partial charge in [0.25, 0.3) is 0 Å². The third-order valence-corrected chi connectivity index (χ3v) is 11.7. The van der Waals surface area contributed by atoms with Gasteiger partial charge in [0.15, 0.2) is 0 Å². The second kappa shape index (κ2) is 16.2. The molecular weight excluding hydrogens is 633 g/mol. The van der Waals surface area contributed by atoms with E-state index in [2.05, 4.69) is 98.8 Å². The van der Waals surface area contributed by atoms with Crippen LogP contribution in [0.3, 0.4) is 0 Å². The average molecular weight is 689 g/mol. The monoisotopic (exact) mass is 688 g/mol. The molecule has 2 aromatic heterocycles. The SMILES string of the molecule is CCCCCCCCCCc1ccc2cc3oc4cc5cc6c(cc5cc4c3cc2c1)oc1cc2ccc(CCCCCCCCCC)cc2cc16. The molecular formula is C50H56O2. The Labute approximate surface area is 309 Å². The molecule has 0 fully saturated rings. The summed E-state index contributed by atoms with van der Waals surface area (Å²) in [6.45, 7) is 4.58. The van der Waals surface area contributed by atoms with Gasteiger partial charge in [-0.25, -0.2) is 0 Å². The fourth-order valence-electron chi connectivity index (χ4n) is 8.61. The van der Waals surface area contributed by atoms with Crippen molar-refractivity contribution >= 4 is 76.2 Å². The van der Waals surface area contributed by atoms with Crippen LogP contribution in [-0.2, 0) is 12.8 Å². The zero-order chi connectivity index (χ0) is 35.3. The number of unbranched alkanes of at least 4 members (excludes halogenated alkanes) is 14. The molecule has 0 aliphatic rings. The van der Waals surface area contributed by atoms with Crippen molar-refractivity contribution in [3.05, 3.63) is 96.1 Å². The Morgan fingerprint density at radius 1 is 0.308 bits per heavy atom. The van der Waals surface area contributed by atoms with E-state index < -0.39 is 0 Å².